The van der Waals surface area contributed by atoms with E-state index >= 15 is 0 Å². The van der Waals surface area contributed by atoms with Crippen LogP contribution in [0, 0.1) is 5.92 Å². The van der Waals surface area contributed by atoms with E-state index in [1.54, 1.807) is 32.1 Å². The number of ketones is 1. The molecule has 0 aliphatic carbocycles. The summed E-state index contributed by atoms with van der Waals surface area (Å²) >= 11 is 0. The van der Waals surface area contributed by atoms with E-state index in [0.29, 0.717) is 18.0 Å². The van der Waals surface area contributed by atoms with Crippen molar-refractivity contribution in [2.75, 3.05) is 5.32 Å². The Kier molecular flexibility index (Phi) is 7.17. The molecule has 4 heteroatoms. The molecule has 30 heavy (non-hydrogen) atoms. The van der Waals surface area contributed by atoms with Crippen molar-refractivity contribution in [1.29, 1.82) is 0 Å². The molecule has 0 atom stereocenters. The molecule has 0 heterocycles. The summed E-state index contributed by atoms with van der Waals surface area (Å²) < 4.78 is 5.91. The number of amides is 1. The summed E-state index contributed by atoms with van der Waals surface area (Å²) in [5.74, 6) is -0.409. The van der Waals surface area contributed by atoms with Crippen LogP contribution in [-0.4, -0.2) is 11.7 Å². The third-order valence-electron chi connectivity index (χ3n) is 4.52. The summed E-state index contributed by atoms with van der Waals surface area (Å²) in [7, 11) is 0. The summed E-state index contributed by atoms with van der Waals surface area (Å²) in [6.45, 7) is 3.95. The molecule has 0 saturated heterocycles. The molecule has 1 N–H and O–H groups in total. The van der Waals surface area contributed by atoms with Crippen molar-refractivity contribution >= 4 is 23.5 Å². The van der Waals surface area contributed by atoms with Gasteiger partial charge in [0.15, 0.2) is 5.78 Å². The van der Waals surface area contributed by atoms with Gasteiger partial charge in [0, 0.05) is 5.92 Å². The summed E-state index contributed by atoms with van der Waals surface area (Å²) in [6.07, 6.45) is 1.63. The average Bonchev–Trinajstić information content (AvgIpc) is 2.77. The first-order valence-corrected chi connectivity index (χ1v) is 9.92. The highest BCUT2D eigenvalue weighted by Gasteiger charge is 2.22. The molecule has 4 nitrogen and oxygen atoms in total. The molecule has 3 aromatic rings. The molecule has 0 unspecified atom stereocenters. The lowest BCUT2D eigenvalue weighted by Crippen LogP contribution is -2.23. The second kappa shape index (κ2) is 10.2. The standard InChI is InChI=1S/C26H25NO3/c1-19(2)25(28)22(17-20-11-5-3-6-12-20)26(29)27-23-15-9-10-16-24(23)30-18-21-13-7-4-8-14-21/h3-17,19H,18H2,1-2H3,(H,27,29). The van der Waals surface area contributed by atoms with Gasteiger partial charge in [-0.2, -0.15) is 0 Å². The molecule has 0 aliphatic rings. The lowest BCUT2D eigenvalue weighted by molar-refractivity contribution is -0.121. The smallest absolute Gasteiger partial charge is 0.259 e. The highest BCUT2D eigenvalue weighted by atomic mass is 16.5. The van der Waals surface area contributed by atoms with Gasteiger partial charge in [0.05, 0.1) is 11.3 Å². The van der Waals surface area contributed by atoms with Gasteiger partial charge in [-0.15, -0.1) is 0 Å². The minimum atomic E-state index is -0.451. The molecule has 0 bridgehead atoms. The maximum atomic E-state index is 13.0. The quantitative estimate of drug-likeness (QED) is 0.309. The third-order valence-corrected chi connectivity index (χ3v) is 4.52. The first kappa shape index (κ1) is 21.1. The summed E-state index contributed by atoms with van der Waals surface area (Å²) in [6, 6.07) is 26.4. The Morgan fingerprint density at radius 1 is 0.867 bits per heavy atom. The van der Waals surface area contributed by atoms with Crippen molar-refractivity contribution in [2.24, 2.45) is 5.92 Å². The molecule has 0 aliphatic heterocycles. The van der Waals surface area contributed by atoms with Gasteiger partial charge in [-0.1, -0.05) is 86.6 Å². The lowest BCUT2D eigenvalue weighted by Gasteiger charge is -2.14. The topological polar surface area (TPSA) is 55.4 Å². The van der Waals surface area contributed by atoms with Gasteiger partial charge in [-0.3, -0.25) is 9.59 Å². The zero-order chi connectivity index (χ0) is 21.3. The molecule has 3 aromatic carbocycles. The predicted molar refractivity (Wildman–Crippen MR) is 120 cm³/mol. The lowest BCUT2D eigenvalue weighted by atomic mass is 9.98. The van der Waals surface area contributed by atoms with Crippen molar-refractivity contribution in [3.63, 3.8) is 0 Å². The van der Waals surface area contributed by atoms with Crippen LogP contribution in [0.4, 0.5) is 5.69 Å². The van der Waals surface area contributed by atoms with Crippen molar-refractivity contribution in [2.45, 2.75) is 20.5 Å². The Balaban J connectivity index is 1.82. The van der Waals surface area contributed by atoms with Crippen LogP contribution in [0.2, 0.25) is 0 Å². The van der Waals surface area contributed by atoms with Crippen LogP contribution in [0.5, 0.6) is 5.75 Å². The number of para-hydroxylation sites is 2. The van der Waals surface area contributed by atoms with E-state index in [1.807, 2.05) is 72.8 Å². The van der Waals surface area contributed by atoms with Gasteiger partial charge in [0.1, 0.15) is 12.4 Å². The number of anilines is 1. The number of carbonyl (C=O) groups is 2. The van der Waals surface area contributed by atoms with Crippen LogP contribution in [0.25, 0.3) is 6.08 Å². The van der Waals surface area contributed by atoms with E-state index in [4.69, 9.17) is 4.74 Å². The summed E-state index contributed by atoms with van der Waals surface area (Å²) in [5, 5.41) is 2.85. The van der Waals surface area contributed by atoms with Gasteiger partial charge in [-0.05, 0) is 29.3 Å². The maximum absolute atomic E-state index is 13.0. The van der Waals surface area contributed by atoms with Gasteiger partial charge in [-0.25, -0.2) is 0 Å². The average molecular weight is 399 g/mol. The normalized spacial score (nSPS) is 11.2. The van der Waals surface area contributed by atoms with E-state index < -0.39 is 5.91 Å². The van der Waals surface area contributed by atoms with Gasteiger partial charge in [0.2, 0.25) is 0 Å². The maximum Gasteiger partial charge on any atom is 0.259 e. The highest BCUT2D eigenvalue weighted by Crippen LogP contribution is 2.26. The van der Waals surface area contributed by atoms with E-state index in [9.17, 15) is 9.59 Å². The molecular formula is C26H25NO3. The molecule has 0 saturated carbocycles. The fraction of sp³-hybridized carbons (Fsp3) is 0.154. The fourth-order valence-electron chi connectivity index (χ4n) is 2.90. The van der Waals surface area contributed by atoms with Crippen LogP contribution < -0.4 is 10.1 Å². The number of ether oxygens (including phenoxy) is 1. The second-order valence-electron chi connectivity index (χ2n) is 7.21. The SMILES string of the molecule is CC(C)C(=O)C(=Cc1ccccc1)C(=O)Nc1ccccc1OCc1ccccc1. The van der Waals surface area contributed by atoms with Gasteiger partial charge < -0.3 is 10.1 Å². The van der Waals surface area contributed by atoms with Crippen LogP contribution in [-0.2, 0) is 16.2 Å². The van der Waals surface area contributed by atoms with Gasteiger partial charge in [0.25, 0.3) is 5.91 Å². The Labute approximate surface area is 177 Å². The number of hydrogen-bond donors (Lipinski definition) is 1. The second-order valence-corrected chi connectivity index (χ2v) is 7.21. The molecule has 0 aromatic heterocycles. The summed E-state index contributed by atoms with van der Waals surface area (Å²) in [4.78, 5) is 25.7. The van der Waals surface area contributed by atoms with Crippen molar-refractivity contribution in [1.82, 2.24) is 0 Å². The first-order valence-electron chi connectivity index (χ1n) is 9.92. The number of Topliss-reactive ketones (excluding diaryl/α,β-unsaturated/α-hetero) is 1. The minimum absolute atomic E-state index is 0.120. The number of nitrogens with one attached hydrogen (secondary N) is 1. The molecule has 0 spiro atoms. The Bertz CT molecular complexity index is 1020. The van der Waals surface area contributed by atoms with E-state index in [0.717, 1.165) is 11.1 Å². The number of carbonyl (C=O) groups excluding carboxylic acids is 2. The van der Waals surface area contributed by atoms with Crippen molar-refractivity contribution in [3.05, 3.63) is 102 Å². The van der Waals surface area contributed by atoms with Crippen LogP contribution in [0.1, 0.15) is 25.0 Å². The monoisotopic (exact) mass is 399 g/mol. The molecule has 152 valence electrons. The molecule has 1 amide bonds. The third kappa shape index (κ3) is 5.67. The fourth-order valence-corrected chi connectivity index (χ4v) is 2.90. The molecule has 3 rings (SSSR count). The highest BCUT2D eigenvalue weighted by molar-refractivity contribution is 6.26. The van der Waals surface area contributed by atoms with Gasteiger partial charge >= 0.3 is 0 Å². The summed E-state index contributed by atoms with van der Waals surface area (Å²) in [5.41, 5.74) is 2.46. The Morgan fingerprint density at radius 3 is 2.13 bits per heavy atom. The molecule has 0 radical (unpaired) electrons. The zero-order valence-electron chi connectivity index (χ0n) is 17.2. The number of rotatable bonds is 8. The predicted octanol–water partition coefficient (Wildman–Crippen LogP) is 5.51. The Hall–Kier alpha value is -3.66. The van der Waals surface area contributed by atoms with Crippen LogP contribution in [0.15, 0.2) is 90.5 Å². The number of hydrogen-bond acceptors (Lipinski definition) is 3. The van der Waals surface area contributed by atoms with Crippen molar-refractivity contribution < 1.29 is 14.3 Å². The molecule has 0 fully saturated rings. The number of benzene rings is 3. The van der Waals surface area contributed by atoms with Crippen LogP contribution >= 0.6 is 0 Å². The van der Waals surface area contributed by atoms with Crippen molar-refractivity contribution in [3.8, 4) is 5.75 Å². The zero-order valence-corrected chi connectivity index (χ0v) is 17.2. The largest absolute Gasteiger partial charge is 0.487 e. The van der Waals surface area contributed by atoms with E-state index in [2.05, 4.69) is 5.32 Å². The van der Waals surface area contributed by atoms with E-state index in [1.165, 1.54) is 0 Å². The van der Waals surface area contributed by atoms with E-state index in [-0.39, 0.29) is 17.3 Å². The van der Waals surface area contributed by atoms with Crippen LogP contribution in [0.3, 0.4) is 0 Å². The first-order chi connectivity index (χ1) is 14.5. The molecular weight excluding hydrogens is 374 g/mol. The minimum Gasteiger partial charge on any atom is -0.487 e. The Morgan fingerprint density at radius 2 is 1.47 bits per heavy atom.